The van der Waals surface area contributed by atoms with Gasteiger partial charge in [0, 0.05) is 80.7 Å². The molecule has 0 saturated carbocycles. The minimum absolute atomic E-state index is 0.0165. The third-order valence-corrected chi connectivity index (χ3v) is 13.9. The summed E-state index contributed by atoms with van der Waals surface area (Å²) in [5.74, 6) is -3.33. The second-order valence-electron chi connectivity index (χ2n) is 17.9. The van der Waals surface area contributed by atoms with Crippen LogP contribution in [0.3, 0.4) is 0 Å². The molecule has 2 atom stereocenters. The number of hydrogen-bond donors (Lipinski definition) is 2. The van der Waals surface area contributed by atoms with Crippen molar-refractivity contribution in [3.63, 3.8) is 0 Å². The molecule has 1 unspecified atom stereocenters. The lowest BCUT2D eigenvalue weighted by molar-refractivity contribution is -0.136. The molecule has 4 saturated heterocycles. The molecule has 5 aliphatic heterocycles. The summed E-state index contributed by atoms with van der Waals surface area (Å²) in [6, 6.07) is 12.4. The molecule has 2 N–H and O–H groups in total. The van der Waals surface area contributed by atoms with Crippen LogP contribution in [-0.2, 0) is 19.2 Å². The first-order valence-corrected chi connectivity index (χ1v) is 22.7. The Morgan fingerprint density at radius 1 is 0.848 bits per heavy atom. The van der Waals surface area contributed by atoms with Crippen LogP contribution in [0, 0.1) is 25.5 Å². The number of benzene rings is 3. The van der Waals surface area contributed by atoms with Crippen LogP contribution in [0.15, 0.2) is 59.1 Å². The molecule has 5 aliphatic rings. The van der Waals surface area contributed by atoms with Gasteiger partial charge >= 0.3 is 0 Å². The average molecular weight is 902 g/mol. The predicted octanol–water partition coefficient (Wildman–Crippen LogP) is 5.64. The van der Waals surface area contributed by atoms with Crippen molar-refractivity contribution >= 4 is 57.7 Å². The number of carbonyl (C=O) groups excluding carboxylic acids is 6. The smallest absolute Gasteiger partial charge is 0.264 e. The number of Topliss-reactive ketones (excluding diaryl/α,β-unsaturated/α-hetero) is 1. The molecule has 4 fully saturated rings. The minimum Gasteiger partial charge on any atom is -0.382 e. The maximum absolute atomic E-state index is 14.6. The number of amides is 5. The number of halogens is 2. The fraction of sp³-hybridized carbons (Fsp3) is 0.417. The third kappa shape index (κ3) is 7.59. The molecule has 342 valence electrons. The summed E-state index contributed by atoms with van der Waals surface area (Å²) >= 11 is 0. The Morgan fingerprint density at radius 3 is 2.36 bits per heavy atom. The van der Waals surface area contributed by atoms with E-state index < -0.39 is 47.2 Å². The molecule has 2 aromatic heterocycles. The number of ketones is 1. The number of hydrogen-bond acceptors (Lipinski definition) is 11. The number of nitrogens with one attached hydrogen (secondary N) is 2. The van der Waals surface area contributed by atoms with Gasteiger partial charge in [-0.25, -0.2) is 13.8 Å². The molecule has 0 radical (unpaired) electrons. The largest absolute Gasteiger partial charge is 0.382 e. The van der Waals surface area contributed by atoms with Crippen LogP contribution in [0.4, 0.5) is 20.2 Å². The van der Waals surface area contributed by atoms with E-state index in [9.17, 15) is 37.5 Å². The van der Waals surface area contributed by atoms with Gasteiger partial charge in [-0.3, -0.25) is 38.6 Å². The highest BCUT2D eigenvalue weighted by molar-refractivity contribution is 6.28. The van der Waals surface area contributed by atoms with Gasteiger partial charge in [0.25, 0.3) is 17.7 Å². The van der Waals surface area contributed by atoms with Crippen molar-refractivity contribution in [2.45, 2.75) is 89.4 Å². The Bertz CT molecular complexity index is 2790. The number of likely N-dealkylation sites (tertiary alicyclic amines) is 2. The van der Waals surface area contributed by atoms with Gasteiger partial charge < -0.3 is 29.5 Å². The number of aryl methyl sites for hydroxylation is 2. The highest BCUT2D eigenvalue weighted by Crippen LogP contribution is 2.41. The van der Waals surface area contributed by atoms with E-state index >= 15 is 0 Å². The Balaban J connectivity index is 0.819. The first-order valence-electron chi connectivity index (χ1n) is 22.7. The number of imide groups is 1. The van der Waals surface area contributed by atoms with E-state index in [2.05, 4.69) is 25.3 Å². The molecule has 7 heterocycles. The molecule has 0 spiro atoms. The number of carbonyl (C=O) groups is 6. The second-order valence-corrected chi connectivity index (χ2v) is 17.9. The predicted molar refractivity (Wildman–Crippen MR) is 236 cm³/mol. The first kappa shape index (κ1) is 43.1. The quantitative estimate of drug-likeness (QED) is 0.138. The summed E-state index contributed by atoms with van der Waals surface area (Å²) in [6.45, 7) is 6.42. The van der Waals surface area contributed by atoms with Gasteiger partial charge in [-0.1, -0.05) is 17.3 Å². The van der Waals surface area contributed by atoms with Gasteiger partial charge in [0.15, 0.2) is 23.5 Å². The van der Waals surface area contributed by atoms with Crippen molar-refractivity contribution in [1.29, 1.82) is 0 Å². The number of rotatable bonds is 9. The highest BCUT2D eigenvalue weighted by Gasteiger charge is 2.48. The van der Waals surface area contributed by atoms with E-state index in [1.807, 2.05) is 36.9 Å². The number of fused-ring (bicyclic) bond motifs is 2. The number of piperidine rings is 4. The normalized spacial score (nSPS) is 21.3. The molecule has 5 amide bonds. The van der Waals surface area contributed by atoms with Crippen molar-refractivity contribution < 1.29 is 42.1 Å². The topological polar surface area (TPSA) is 183 Å². The zero-order valence-corrected chi connectivity index (χ0v) is 36.6. The molecule has 0 aliphatic carbocycles. The van der Waals surface area contributed by atoms with Crippen LogP contribution in [0.1, 0.15) is 101 Å². The van der Waals surface area contributed by atoms with Crippen molar-refractivity contribution in [3.05, 3.63) is 94.6 Å². The Labute approximate surface area is 378 Å². The van der Waals surface area contributed by atoms with Gasteiger partial charge in [-0.2, -0.15) is 0 Å². The average Bonchev–Trinajstić information content (AvgIpc) is 3.94. The summed E-state index contributed by atoms with van der Waals surface area (Å²) in [7, 11) is 0. The monoisotopic (exact) mass is 901 g/mol. The van der Waals surface area contributed by atoms with Crippen LogP contribution >= 0.6 is 0 Å². The summed E-state index contributed by atoms with van der Waals surface area (Å²) in [5, 5.41) is 10.1. The van der Waals surface area contributed by atoms with E-state index in [0.717, 1.165) is 44.9 Å². The molecular weight excluding hydrogens is 853 g/mol. The molecule has 10 rings (SSSR count). The number of anilines is 2. The Hall–Kier alpha value is -6.82. The van der Waals surface area contributed by atoms with Gasteiger partial charge in [-0.05, 0) is 94.3 Å². The summed E-state index contributed by atoms with van der Waals surface area (Å²) in [5.41, 5.74) is 5.15. The molecule has 66 heavy (non-hydrogen) atoms. The first-order chi connectivity index (χ1) is 31.9. The van der Waals surface area contributed by atoms with Gasteiger partial charge in [0.1, 0.15) is 11.6 Å². The molecular formula is C48H49F2N9O7. The van der Waals surface area contributed by atoms with Crippen LogP contribution < -0.4 is 15.5 Å². The van der Waals surface area contributed by atoms with Crippen LogP contribution in [0.5, 0.6) is 0 Å². The van der Waals surface area contributed by atoms with E-state index in [-0.39, 0.29) is 66.6 Å². The van der Waals surface area contributed by atoms with Gasteiger partial charge in [-0.15, -0.1) is 0 Å². The SMILES string of the molecule is Cc1noc(C)c1-c1ccc2c(c1)nc([C@@H]1CCCC(=O)N1c1ccc(F)c(F)c1)n2C1CCN(CC(=O)N2CCC(Nc3cccc4c3C(=O)N(C3C(=O)CCNC3=O)C4=O)CC2)CC1. The fourth-order valence-electron chi connectivity index (χ4n) is 10.6. The van der Waals surface area contributed by atoms with Crippen LogP contribution in [0.25, 0.3) is 22.2 Å². The molecule has 5 aromatic rings. The standard InChI is InChI=1S/C48H49F2N9O7/c1-26-42(27(2)66-54-26)28-9-12-37-36(23-28)53-45(38-7-4-8-40(61)57(38)31-10-11-33(49)34(50)24-31)58(37)30-16-19-55(20-17-30)25-41(62)56-21-14-29(15-22-56)52-35-6-3-5-32-43(35)48(65)59(47(32)64)44-39(60)13-18-51-46(44)63/h3,5-6,9-12,23-24,29-30,38,44,52H,4,7-8,13-22,25H2,1-2H3,(H,51,63)/t38-,44?/m0/s1. The molecule has 3 aromatic carbocycles. The zero-order chi connectivity index (χ0) is 46.0. The number of imidazole rings is 1. The van der Waals surface area contributed by atoms with Gasteiger partial charge in [0.05, 0.1) is 40.4 Å². The zero-order valence-electron chi connectivity index (χ0n) is 36.6. The van der Waals surface area contributed by atoms with Crippen molar-refractivity contribution in [2.24, 2.45) is 0 Å². The summed E-state index contributed by atoms with van der Waals surface area (Å²) in [4.78, 5) is 91.2. The van der Waals surface area contributed by atoms with Crippen molar-refractivity contribution in [3.8, 4) is 11.1 Å². The summed E-state index contributed by atoms with van der Waals surface area (Å²) in [6.07, 6.45) is 4.12. The fourth-order valence-corrected chi connectivity index (χ4v) is 10.6. The lowest BCUT2D eigenvalue weighted by atomic mass is 9.98. The Morgan fingerprint density at radius 2 is 1.64 bits per heavy atom. The van der Waals surface area contributed by atoms with E-state index in [4.69, 9.17) is 9.51 Å². The van der Waals surface area contributed by atoms with E-state index in [1.54, 1.807) is 17.0 Å². The molecule has 0 bridgehead atoms. The molecule has 18 heteroatoms. The lowest BCUT2D eigenvalue weighted by Crippen LogP contribution is -2.57. The molecule has 16 nitrogen and oxygen atoms in total. The third-order valence-electron chi connectivity index (χ3n) is 13.9. The number of nitrogens with zero attached hydrogens (tertiary/aromatic N) is 7. The van der Waals surface area contributed by atoms with E-state index in [1.165, 1.54) is 12.1 Å². The second kappa shape index (κ2) is 17.2. The maximum Gasteiger partial charge on any atom is 0.264 e. The lowest BCUT2D eigenvalue weighted by Gasteiger charge is -2.39. The van der Waals surface area contributed by atoms with Crippen molar-refractivity contribution in [2.75, 3.05) is 49.5 Å². The van der Waals surface area contributed by atoms with E-state index in [0.29, 0.717) is 82.0 Å². The van der Waals surface area contributed by atoms with Crippen LogP contribution in [0.2, 0.25) is 0 Å². The Kier molecular flexibility index (Phi) is 11.2. The highest BCUT2D eigenvalue weighted by atomic mass is 19.2. The van der Waals surface area contributed by atoms with Crippen LogP contribution in [-0.4, -0.2) is 116 Å². The van der Waals surface area contributed by atoms with Crippen molar-refractivity contribution in [1.82, 2.24) is 34.7 Å². The summed E-state index contributed by atoms with van der Waals surface area (Å²) < 4.78 is 36.4. The van der Waals surface area contributed by atoms with Gasteiger partial charge in [0.2, 0.25) is 11.8 Å². The number of aromatic nitrogens is 3. The minimum atomic E-state index is -1.49. The maximum atomic E-state index is 14.6.